The summed E-state index contributed by atoms with van der Waals surface area (Å²) in [4.78, 5) is 24.4. The highest BCUT2D eigenvalue weighted by molar-refractivity contribution is 6.31. The van der Waals surface area contributed by atoms with E-state index in [2.05, 4.69) is 28.3 Å². The van der Waals surface area contributed by atoms with Crippen molar-refractivity contribution in [2.75, 3.05) is 26.4 Å². The molecule has 0 aromatic heterocycles. The van der Waals surface area contributed by atoms with Crippen molar-refractivity contribution in [3.05, 3.63) is 47.5 Å². The number of nitrogens with two attached hydrogens (primary N) is 1. The van der Waals surface area contributed by atoms with Gasteiger partial charge in [-0.1, -0.05) is 30.3 Å². The average Bonchev–Trinajstić information content (AvgIpc) is 2.65. The zero-order valence-electron chi connectivity index (χ0n) is 14.8. The third kappa shape index (κ3) is 7.26. The molecule has 0 saturated carbocycles. The first-order valence-corrected chi connectivity index (χ1v) is 8.40. The molecule has 1 fully saturated rings. The number of morpholine rings is 1. The van der Waals surface area contributed by atoms with Crippen LogP contribution in [0.2, 0.25) is 5.02 Å². The molecule has 0 aliphatic carbocycles. The lowest BCUT2D eigenvalue weighted by molar-refractivity contribution is -0.133. The van der Waals surface area contributed by atoms with E-state index in [1.807, 2.05) is 19.1 Å². The van der Waals surface area contributed by atoms with Gasteiger partial charge in [0, 0.05) is 17.1 Å². The Kier molecular flexibility index (Phi) is 10.1. The summed E-state index contributed by atoms with van der Waals surface area (Å²) >= 11 is 5.84. The molecule has 0 spiro atoms. The monoisotopic (exact) mass is 377 g/mol. The standard InChI is InChI=1S/C10H11ClN4.C8H13NO2/c1-13-10(15-7-14-6-12)8-3-2-4-9(11)5-8;1-3-8(10)9-4-5-11-6-7(9)2/h2-5,7H,1,6,12H2;3,7H,1,4-6H2,2H3/b14-7-,15-10?;. The van der Waals surface area contributed by atoms with Gasteiger partial charge in [-0.05, 0) is 31.9 Å². The van der Waals surface area contributed by atoms with Crippen LogP contribution < -0.4 is 5.73 Å². The fourth-order valence-electron chi connectivity index (χ4n) is 2.15. The Morgan fingerprint density at radius 2 is 2.31 bits per heavy atom. The van der Waals surface area contributed by atoms with Gasteiger partial charge in [-0.15, -0.1) is 0 Å². The summed E-state index contributed by atoms with van der Waals surface area (Å²) in [5, 5.41) is 0.625. The van der Waals surface area contributed by atoms with E-state index >= 15 is 0 Å². The lowest BCUT2D eigenvalue weighted by atomic mass is 10.2. The van der Waals surface area contributed by atoms with Gasteiger partial charge in [0.25, 0.3) is 0 Å². The van der Waals surface area contributed by atoms with Crippen LogP contribution in [0.1, 0.15) is 12.5 Å². The van der Waals surface area contributed by atoms with E-state index in [1.165, 1.54) is 12.4 Å². The second-order valence-electron chi connectivity index (χ2n) is 5.26. The van der Waals surface area contributed by atoms with Crippen LogP contribution in [-0.4, -0.2) is 62.2 Å². The van der Waals surface area contributed by atoms with Crippen molar-refractivity contribution in [1.29, 1.82) is 0 Å². The van der Waals surface area contributed by atoms with E-state index in [-0.39, 0.29) is 18.6 Å². The minimum atomic E-state index is 0.000741. The quantitative estimate of drug-likeness (QED) is 0.495. The SMILES string of the molecule is C=CC(=O)N1CCOCC1C.C=NC(=N/C=N\CN)c1cccc(Cl)c1. The number of aliphatic imine (C=N–C) groups is 3. The van der Waals surface area contributed by atoms with Crippen LogP contribution >= 0.6 is 11.6 Å². The molecule has 0 radical (unpaired) electrons. The summed E-state index contributed by atoms with van der Waals surface area (Å²) in [7, 11) is 0. The van der Waals surface area contributed by atoms with Crippen molar-refractivity contribution in [1.82, 2.24) is 4.90 Å². The molecule has 2 N–H and O–H groups in total. The predicted molar refractivity (Wildman–Crippen MR) is 107 cm³/mol. The van der Waals surface area contributed by atoms with E-state index in [9.17, 15) is 4.79 Å². The van der Waals surface area contributed by atoms with E-state index < -0.39 is 0 Å². The summed E-state index contributed by atoms with van der Waals surface area (Å²) in [6, 6.07) is 7.38. The van der Waals surface area contributed by atoms with E-state index in [0.717, 1.165) is 5.56 Å². The molecule has 1 atom stereocenters. The molecule has 26 heavy (non-hydrogen) atoms. The summed E-state index contributed by atoms with van der Waals surface area (Å²) in [5.74, 6) is 0.468. The third-order valence-electron chi connectivity index (χ3n) is 3.43. The number of ether oxygens (including phenoxy) is 1. The molecule has 1 saturated heterocycles. The molecule has 1 aromatic rings. The Bertz CT molecular complexity index is 675. The van der Waals surface area contributed by atoms with E-state index in [0.29, 0.717) is 30.6 Å². The fraction of sp³-hybridized carbons (Fsp3) is 0.333. The number of carbonyl (C=O) groups excluding carboxylic acids is 1. The average molecular weight is 378 g/mol. The number of benzene rings is 1. The number of hydrogen-bond acceptors (Lipinski definition) is 4. The van der Waals surface area contributed by atoms with Gasteiger partial charge < -0.3 is 15.4 Å². The Balaban J connectivity index is 0.000000273. The number of nitrogens with zero attached hydrogens (tertiary/aromatic N) is 4. The van der Waals surface area contributed by atoms with Gasteiger partial charge in [0.1, 0.15) is 6.34 Å². The Morgan fingerprint density at radius 1 is 1.54 bits per heavy atom. The maximum absolute atomic E-state index is 11.1. The summed E-state index contributed by atoms with van der Waals surface area (Å²) in [6.45, 7) is 11.0. The Hall–Kier alpha value is -2.35. The largest absolute Gasteiger partial charge is 0.377 e. The number of amides is 1. The number of amidine groups is 1. The van der Waals surface area contributed by atoms with E-state index in [4.69, 9.17) is 22.1 Å². The number of hydrogen-bond donors (Lipinski definition) is 1. The van der Waals surface area contributed by atoms with Crippen molar-refractivity contribution >= 4 is 36.4 Å². The van der Waals surface area contributed by atoms with Gasteiger partial charge in [0.15, 0.2) is 5.84 Å². The van der Waals surface area contributed by atoms with Crippen molar-refractivity contribution in [3.8, 4) is 0 Å². The molecule has 2 rings (SSSR count). The third-order valence-corrected chi connectivity index (χ3v) is 3.66. The minimum Gasteiger partial charge on any atom is -0.377 e. The van der Waals surface area contributed by atoms with Crippen LogP contribution in [0, 0.1) is 0 Å². The molecule has 8 heteroatoms. The summed E-state index contributed by atoms with van der Waals surface area (Å²) < 4.78 is 5.18. The second kappa shape index (κ2) is 12.1. The Labute approximate surface area is 158 Å². The molecule has 1 aromatic carbocycles. The van der Waals surface area contributed by atoms with Crippen LogP contribution in [0.15, 0.2) is 51.9 Å². The summed E-state index contributed by atoms with van der Waals surface area (Å²) in [6.07, 6.45) is 2.70. The minimum absolute atomic E-state index is 0.000741. The van der Waals surface area contributed by atoms with Crippen molar-refractivity contribution in [3.63, 3.8) is 0 Å². The van der Waals surface area contributed by atoms with Crippen LogP contribution in [0.3, 0.4) is 0 Å². The van der Waals surface area contributed by atoms with Crippen molar-refractivity contribution in [2.45, 2.75) is 13.0 Å². The van der Waals surface area contributed by atoms with Gasteiger partial charge in [-0.2, -0.15) is 0 Å². The molecular formula is C18H24ClN5O2. The molecule has 1 aliphatic rings. The molecule has 7 nitrogen and oxygen atoms in total. The first-order chi connectivity index (χ1) is 12.5. The van der Waals surface area contributed by atoms with E-state index in [1.54, 1.807) is 17.0 Å². The highest BCUT2D eigenvalue weighted by Gasteiger charge is 2.21. The summed E-state index contributed by atoms with van der Waals surface area (Å²) in [5.41, 5.74) is 5.98. The number of halogens is 1. The maximum atomic E-state index is 11.1. The highest BCUT2D eigenvalue weighted by Crippen LogP contribution is 2.11. The molecule has 140 valence electrons. The van der Waals surface area contributed by atoms with Gasteiger partial charge >= 0.3 is 0 Å². The molecule has 1 heterocycles. The predicted octanol–water partition coefficient (Wildman–Crippen LogP) is 2.15. The Morgan fingerprint density at radius 3 is 2.88 bits per heavy atom. The van der Waals surface area contributed by atoms with Gasteiger partial charge in [-0.25, -0.2) is 9.98 Å². The number of rotatable bonds is 4. The highest BCUT2D eigenvalue weighted by atomic mass is 35.5. The first kappa shape index (κ1) is 21.7. The van der Waals surface area contributed by atoms with Crippen LogP contribution in [-0.2, 0) is 9.53 Å². The first-order valence-electron chi connectivity index (χ1n) is 8.03. The zero-order valence-corrected chi connectivity index (χ0v) is 15.6. The molecule has 1 amide bonds. The fourth-order valence-corrected chi connectivity index (χ4v) is 2.34. The lowest BCUT2D eigenvalue weighted by Gasteiger charge is -2.32. The molecule has 1 aliphatic heterocycles. The van der Waals surface area contributed by atoms with Crippen LogP contribution in [0.5, 0.6) is 0 Å². The van der Waals surface area contributed by atoms with Gasteiger partial charge in [0.2, 0.25) is 5.91 Å². The zero-order chi connectivity index (χ0) is 19.4. The van der Waals surface area contributed by atoms with Gasteiger partial charge in [-0.3, -0.25) is 9.79 Å². The second-order valence-corrected chi connectivity index (χ2v) is 5.70. The van der Waals surface area contributed by atoms with Crippen molar-refractivity contribution in [2.24, 2.45) is 20.7 Å². The topological polar surface area (TPSA) is 92.6 Å². The lowest BCUT2D eigenvalue weighted by Crippen LogP contribution is -2.46. The molecular weight excluding hydrogens is 354 g/mol. The number of carbonyl (C=O) groups is 1. The van der Waals surface area contributed by atoms with Crippen LogP contribution in [0.4, 0.5) is 0 Å². The normalized spacial score (nSPS) is 17.4. The van der Waals surface area contributed by atoms with Gasteiger partial charge in [0.05, 0.1) is 25.9 Å². The molecule has 1 unspecified atom stereocenters. The molecule has 0 bridgehead atoms. The van der Waals surface area contributed by atoms with Crippen LogP contribution in [0.25, 0.3) is 0 Å². The van der Waals surface area contributed by atoms with Crippen molar-refractivity contribution < 1.29 is 9.53 Å². The smallest absolute Gasteiger partial charge is 0.246 e. The maximum Gasteiger partial charge on any atom is 0.246 e.